The fourth-order valence-corrected chi connectivity index (χ4v) is 2.38. The maximum Gasteiger partial charge on any atom is 0.451 e. The molecule has 0 aliphatic carbocycles. The zero-order valence-corrected chi connectivity index (χ0v) is 11.1. The summed E-state index contributed by atoms with van der Waals surface area (Å²) in [6, 6.07) is 6.32. The predicted molar refractivity (Wildman–Crippen MR) is 69.1 cm³/mol. The molecular weight excluding hydrogens is 291 g/mol. The number of nitrogens with zero attached hydrogens (tertiary/aromatic N) is 2. The largest absolute Gasteiger partial charge is 0.451 e. The van der Waals surface area contributed by atoms with Gasteiger partial charge in [0.15, 0.2) is 0 Å². The van der Waals surface area contributed by atoms with E-state index in [1.54, 1.807) is 18.2 Å². The summed E-state index contributed by atoms with van der Waals surface area (Å²) in [4.78, 5) is 18.1. The first-order valence-corrected chi connectivity index (χ1v) is 6.47. The van der Waals surface area contributed by atoms with E-state index < -0.39 is 23.2 Å². The van der Waals surface area contributed by atoms with Crippen LogP contribution in [0.4, 0.5) is 13.2 Å². The highest BCUT2D eigenvalue weighted by Gasteiger charge is 2.35. The number of benzene rings is 1. The normalized spacial score (nSPS) is 13.4. The van der Waals surface area contributed by atoms with E-state index in [4.69, 9.17) is 5.73 Å². The molecule has 0 saturated carbocycles. The van der Waals surface area contributed by atoms with Gasteiger partial charge in [-0.15, -0.1) is 0 Å². The number of rotatable bonds is 3. The molecule has 1 atom stereocenters. The zero-order chi connectivity index (χ0) is 14.9. The average molecular weight is 301 g/mol. The Hall–Kier alpha value is -1.83. The van der Waals surface area contributed by atoms with Crippen molar-refractivity contribution in [2.24, 2.45) is 5.73 Å². The summed E-state index contributed by atoms with van der Waals surface area (Å²) in [5.74, 6) is -1.85. The van der Waals surface area contributed by atoms with Crippen LogP contribution in [0.5, 0.6) is 0 Å². The fourth-order valence-electron chi connectivity index (χ4n) is 1.49. The second-order valence-corrected chi connectivity index (χ2v) is 5.36. The highest BCUT2D eigenvalue weighted by molar-refractivity contribution is 8.00. The minimum atomic E-state index is -4.64. The number of hydrogen-bond donors (Lipinski definition) is 1. The van der Waals surface area contributed by atoms with Crippen LogP contribution in [0.3, 0.4) is 0 Å². The van der Waals surface area contributed by atoms with E-state index in [9.17, 15) is 18.0 Å². The number of hydrogen-bond acceptors (Lipinski definition) is 4. The van der Waals surface area contributed by atoms with Gasteiger partial charge >= 0.3 is 6.18 Å². The molecule has 4 nitrogen and oxygen atoms in total. The maximum atomic E-state index is 12.8. The van der Waals surface area contributed by atoms with Crippen LogP contribution in [0.25, 0.3) is 10.9 Å². The minimum Gasteiger partial charge on any atom is -0.369 e. The number of para-hydroxylation sites is 1. The van der Waals surface area contributed by atoms with Crippen molar-refractivity contribution in [3.8, 4) is 0 Å². The number of carbonyl (C=O) groups excluding carboxylic acids is 1. The van der Waals surface area contributed by atoms with E-state index in [-0.39, 0.29) is 10.5 Å². The van der Waals surface area contributed by atoms with Gasteiger partial charge in [0, 0.05) is 5.39 Å². The third-order valence-corrected chi connectivity index (χ3v) is 3.63. The van der Waals surface area contributed by atoms with Crippen molar-refractivity contribution in [1.29, 1.82) is 0 Å². The molecule has 1 amide bonds. The van der Waals surface area contributed by atoms with Crippen LogP contribution in [0.1, 0.15) is 12.7 Å². The van der Waals surface area contributed by atoms with Gasteiger partial charge in [-0.25, -0.2) is 9.97 Å². The quantitative estimate of drug-likeness (QED) is 0.699. The first-order chi connectivity index (χ1) is 9.29. The van der Waals surface area contributed by atoms with E-state index in [1.807, 2.05) is 0 Å². The smallest absolute Gasteiger partial charge is 0.369 e. The number of alkyl halides is 3. The number of thioether (sulfide) groups is 1. The molecule has 0 saturated heterocycles. The van der Waals surface area contributed by atoms with E-state index in [0.717, 1.165) is 11.8 Å². The van der Waals surface area contributed by atoms with E-state index in [0.29, 0.717) is 5.39 Å². The summed E-state index contributed by atoms with van der Waals surface area (Å²) < 4.78 is 38.3. The molecule has 2 aromatic rings. The number of aromatic nitrogens is 2. The van der Waals surface area contributed by atoms with Crippen molar-refractivity contribution in [3.63, 3.8) is 0 Å². The molecule has 0 aliphatic rings. The summed E-state index contributed by atoms with van der Waals surface area (Å²) in [7, 11) is 0. The van der Waals surface area contributed by atoms with Gasteiger partial charge in [0.2, 0.25) is 11.7 Å². The molecular formula is C12H10F3N3OS. The molecule has 1 aromatic heterocycles. The van der Waals surface area contributed by atoms with Crippen molar-refractivity contribution >= 4 is 28.6 Å². The third kappa shape index (κ3) is 3.01. The van der Waals surface area contributed by atoms with Crippen LogP contribution >= 0.6 is 11.8 Å². The van der Waals surface area contributed by atoms with E-state index >= 15 is 0 Å². The highest BCUT2D eigenvalue weighted by atomic mass is 32.2. The van der Waals surface area contributed by atoms with Gasteiger partial charge in [0.05, 0.1) is 10.8 Å². The van der Waals surface area contributed by atoms with Crippen LogP contribution in [0.2, 0.25) is 0 Å². The molecule has 8 heteroatoms. The summed E-state index contributed by atoms with van der Waals surface area (Å²) in [6.45, 7) is 1.51. The minimum absolute atomic E-state index is 0.0919. The first kappa shape index (κ1) is 14.6. The van der Waals surface area contributed by atoms with Crippen LogP contribution in [0, 0.1) is 0 Å². The van der Waals surface area contributed by atoms with Crippen LogP contribution < -0.4 is 5.73 Å². The van der Waals surface area contributed by atoms with Crippen molar-refractivity contribution < 1.29 is 18.0 Å². The second-order valence-electron chi connectivity index (χ2n) is 4.03. The molecule has 0 radical (unpaired) electrons. The van der Waals surface area contributed by atoms with Crippen LogP contribution in [-0.2, 0) is 11.0 Å². The lowest BCUT2D eigenvalue weighted by Gasteiger charge is -2.12. The lowest BCUT2D eigenvalue weighted by molar-refractivity contribution is -0.145. The fraction of sp³-hybridized carbons (Fsp3) is 0.250. The van der Waals surface area contributed by atoms with Gasteiger partial charge in [-0.2, -0.15) is 13.2 Å². The molecule has 2 rings (SSSR count). The molecule has 2 N–H and O–H groups in total. The molecule has 1 aromatic carbocycles. The predicted octanol–water partition coefficient (Wildman–Crippen LogP) is 2.61. The van der Waals surface area contributed by atoms with Crippen molar-refractivity contribution in [2.45, 2.75) is 23.4 Å². The van der Waals surface area contributed by atoms with Gasteiger partial charge in [-0.05, 0) is 13.0 Å². The van der Waals surface area contributed by atoms with Crippen LogP contribution in [0.15, 0.2) is 29.3 Å². The Kier molecular flexibility index (Phi) is 3.85. The average Bonchev–Trinajstić information content (AvgIpc) is 2.37. The first-order valence-electron chi connectivity index (χ1n) is 5.59. The van der Waals surface area contributed by atoms with Gasteiger partial charge in [0.1, 0.15) is 5.03 Å². The van der Waals surface area contributed by atoms with Gasteiger partial charge in [-0.3, -0.25) is 4.79 Å². The van der Waals surface area contributed by atoms with Gasteiger partial charge in [-0.1, -0.05) is 30.0 Å². The number of nitrogens with two attached hydrogens (primary N) is 1. The summed E-state index contributed by atoms with van der Waals surface area (Å²) in [5.41, 5.74) is 5.30. The Balaban J connectivity index is 2.58. The van der Waals surface area contributed by atoms with Crippen molar-refractivity contribution in [1.82, 2.24) is 9.97 Å². The van der Waals surface area contributed by atoms with Gasteiger partial charge < -0.3 is 5.73 Å². The molecule has 0 bridgehead atoms. The topological polar surface area (TPSA) is 68.9 Å². The highest BCUT2D eigenvalue weighted by Crippen LogP contribution is 2.33. The Morgan fingerprint density at radius 3 is 2.55 bits per heavy atom. The second kappa shape index (κ2) is 5.28. The Morgan fingerprint density at radius 1 is 1.30 bits per heavy atom. The monoisotopic (exact) mass is 301 g/mol. The van der Waals surface area contributed by atoms with Gasteiger partial charge in [0.25, 0.3) is 0 Å². The number of fused-ring (bicyclic) bond motifs is 1. The van der Waals surface area contributed by atoms with E-state index in [2.05, 4.69) is 9.97 Å². The molecule has 106 valence electrons. The van der Waals surface area contributed by atoms with Crippen molar-refractivity contribution in [3.05, 3.63) is 30.1 Å². The summed E-state index contributed by atoms with van der Waals surface area (Å²) in [6.07, 6.45) is -4.64. The Labute approximate surface area is 116 Å². The summed E-state index contributed by atoms with van der Waals surface area (Å²) >= 11 is 0.886. The van der Waals surface area contributed by atoms with Crippen molar-refractivity contribution in [2.75, 3.05) is 0 Å². The molecule has 0 aliphatic heterocycles. The molecule has 1 heterocycles. The van der Waals surface area contributed by atoms with Crippen LogP contribution in [-0.4, -0.2) is 21.1 Å². The lowest BCUT2D eigenvalue weighted by atomic mass is 10.2. The number of amides is 1. The van der Waals surface area contributed by atoms with E-state index in [1.165, 1.54) is 13.0 Å². The Morgan fingerprint density at radius 2 is 1.95 bits per heavy atom. The number of carbonyl (C=O) groups is 1. The number of primary amides is 1. The lowest BCUT2D eigenvalue weighted by Crippen LogP contribution is -2.23. The number of halogens is 3. The molecule has 0 fully saturated rings. The molecule has 0 spiro atoms. The standard InChI is InChI=1S/C12H10F3N3OS/c1-6(9(16)19)20-10-7-4-2-3-5-8(7)17-11(18-10)12(13,14)15/h2-6H,1H3,(H2,16,19). The third-order valence-electron chi connectivity index (χ3n) is 2.51. The Bertz CT molecular complexity index is 660. The zero-order valence-electron chi connectivity index (χ0n) is 10.3. The molecule has 1 unspecified atom stereocenters. The molecule has 20 heavy (non-hydrogen) atoms. The SMILES string of the molecule is CC(Sc1nc(C(F)(F)F)nc2ccccc12)C(N)=O. The summed E-state index contributed by atoms with van der Waals surface area (Å²) in [5, 5.41) is -0.137. The maximum absolute atomic E-state index is 12.8.